The summed E-state index contributed by atoms with van der Waals surface area (Å²) in [6, 6.07) is 5.92. The van der Waals surface area contributed by atoms with Gasteiger partial charge in [0.25, 0.3) is 0 Å². The third-order valence-corrected chi connectivity index (χ3v) is 5.38. The van der Waals surface area contributed by atoms with Crippen molar-refractivity contribution in [2.24, 2.45) is 0 Å². The Hall–Kier alpha value is -2.58. The van der Waals surface area contributed by atoms with Crippen LogP contribution in [0.25, 0.3) is 6.08 Å². The van der Waals surface area contributed by atoms with Crippen LogP contribution in [0.4, 0.5) is 4.39 Å². The number of nitrogens with zero attached hydrogens (tertiary/aromatic N) is 2. The highest BCUT2D eigenvalue weighted by molar-refractivity contribution is 7.88. The van der Waals surface area contributed by atoms with Gasteiger partial charge in [-0.15, -0.1) is 0 Å². The fourth-order valence-electron chi connectivity index (χ4n) is 3.19. The molecule has 1 aromatic heterocycles. The van der Waals surface area contributed by atoms with Crippen molar-refractivity contribution in [3.05, 3.63) is 70.3 Å². The number of hydrogen-bond acceptors (Lipinski definition) is 4. The number of aromatic nitrogens is 1. The molecule has 6 nitrogen and oxygen atoms in total. The van der Waals surface area contributed by atoms with E-state index in [1.54, 1.807) is 29.3 Å². The van der Waals surface area contributed by atoms with Gasteiger partial charge in [-0.1, -0.05) is 12.1 Å². The molecule has 1 N–H and O–H groups in total. The lowest BCUT2D eigenvalue weighted by Gasteiger charge is -2.29. The summed E-state index contributed by atoms with van der Waals surface area (Å²) >= 11 is 0. The highest BCUT2D eigenvalue weighted by Crippen LogP contribution is 2.24. The number of benzene rings is 1. The summed E-state index contributed by atoms with van der Waals surface area (Å²) in [5.41, 5.74) is 4.38. The van der Waals surface area contributed by atoms with Crippen LogP contribution >= 0.6 is 0 Å². The van der Waals surface area contributed by atoms with Crippen molar-refractivity contribution in [1.29, 1.82) is 0 Å². The van der Waals surface area contributed by atoms with Gasteiger partial charge in [0, 0.05) is 37.6 Å². The lowest BCUT2D eigenvalue weighted by Crippen LogP contribution is -2.36. The first kappa shape index (κ1) is 20.2. The van der Waals surface area contributed by atoms with Crippen LogP contribution in [0.2, 0.25) is 0 Å². The minimum Gasteiger partial charge on any atom is -0.334 e. The molecule has 1 aliphatic heterocycles. The summed E-state index contributed by atoms with van der Waals surface area (Å²) in [5.74, 6) is -0.452. The average molecular weight is 403 g/mol. The minimum absolute atomic E-state index is 0.133. The van der Waals surface area contributed by atoms with Crippen LogP contribution in [-0.4, -0.2) is 37.0 Å². The van der Waals surface area contributed by atoms with E-state index in [4.69, 9.17) is 0 Å². The van der Waals surface area contributed by atoms with Gasteiger partial charge in [-0.3, -0.25) is 9.78 Å². The van der Waals surface area contributed by atoms with Gasteiger partial charge in [-0.2, -0.15) is 0 Å². The Balaban J connectivity index is 1.73. The van der Waals surface area contributed by atoms with Crippen molar-refractivity contribution >= 4 is 22.0 Å². The minimum atomic E-state index is -3.30. The van der Waals surface area contributed by atoms with Crippen molar-refractivity contribution < 1.29 is 17.6 Å². The van der Waals surface area contributed by atoms with Gasteiger partial charge < -0.3 is 4.90 Å². The summed E-state index contributed by atoms with van der Waals surface area (Å²) < 4.78 is 38.3. The number of sulfonamides is 1. The number of aryl methyl sites for hydroxylation is 1. The van der Waals surface area contributed by atoms with E-state index >= 15 is 0 Å². The molecule has 8 heteroatoms. The second-order valence-corrected chi connectivity index (χ2v) is 8.65. The van der Waals surface area contributed by atoms with Gasteiger partial charge in [0.05, 0.1) is 6.26 Å². The van der Waals surface area contributed by atoms with Crippen molar-refractivity contribution in [1.82, 2.24) is 14.6 Å². The number of rotatable bonds is 5. The van der Waals surface area contributed by atoms with Crippen LogP contribution in [0.15, 0.2) is 36.5 Å². The van der Waals surface area contributed by atoms with Gasteiger partial charge in [-0.05, 0) is 53.8 Å². The summed E-state index contributed by atoms with van der Waals surface area (Å²) in [6.07, 6.45) is 6.64. The average Bonchev–Trinajstić information content (AvgIpc) is 2.65. The van der Waals surface area contributed by atoms with Gasteiger partial charge in [0.1, 0.15) is 5.82 Å². The zero-order valence-corrected chi connectivity index (χ0v) is 16.6. The lowest BCUT2D eigenvalue weighted by molar-refractivity contribution is -0.126. The number of hydrogen-bond donors (Lipinski definition) is 1. The van der Waals surface area contributed by atoms with Crippen LogP contribution < -0.4 is 4.72 Å². The van der Waals surface area contributed by atoms with Gasteiger partial charge >= 0.3 is 0 Å². The first-order valence-corrected chi connectivity index (χ1v) is 10.8. The lowest BCUT2D eigenvalue weighted by atomic mass is 9.95. The van der Waals surface area contributed by atoms with E-state index in [0.717, 1.165) is 34.2 Å². The number of amides is 1. The van der Waals surface area contributed by atoms with Crippen LogP contribution in [0.1, 0.15) is 27.9 Å². The van der Waals surface area contributed by atoms with Gasteiger partial charge in [-0.25, -0.2) is 17.5 Å². The summed E-state index contributed by atoms with van der Waals surface area (Å²) in [6.45, 7) is 3.00. The second kappa shape index (κ2) is 8.20. The Bertz CT molecular complexity index is 1020. The number of nitrogens with one attached hydrogen (secondary N) is 1. The molecule has 0 atom stereocenters. The number of pyridine rings is 1. The number of carbonyl (C=O) groups is 1. The third kappa shape index (κ3) is 5.02. The fraction of sp³-hybridized carbons (Fsp3) is 0.300. The predicted molar refractivity (Wildman–Crippen MR) is 105 cm³/mol. The molecule has 3 rings (SSSR count). The number of halogens is 1. The largest absolute Gasteiger partial charge is 0.334 e. The molecule has 0 spiro atoms. The Morgan fingerprint density at radius 2 is 2.04 bits per heavy atom. The molecule has 0 bridgehead atoms. The van der Waals surface area contributed by atoms with Crippen molar-refractivity contribution in [2.45, 2.75) is 26.4 Å². The monoisotopic (exact) mass is 403 g/mol. The normalized spacial score (nSPS) is 14.3. The second-order valence-electron chi connectivity index (χ2n) is 6.81. The molecular formula is C20H22FN3O3S. The smallest absolute Gasteiger partial charge is 0.246 e. The third-order valence-electron chi connectivity index (χ3n) is 4.71. The van der Waals surface area contributed by atoms with Gasteiger partial charge in [0.15, 0.2) is 0 Å². The Morgan fingerprint density at radius 3 is 2.71 bits per heavy atom. The fourth-order valence-corrected chi connectivity index (χ4v) is 3.60. The summed E-state index contributed by atoms with van der Waals surface area (Å²) in [5, 5.41) is 0. The summed E-state index contributed by atoms with van der Waals surface area (Å²) in [7, 11) is -3.30. The standard InChI is InChI=1S/C20H22FN3O3S/c1-14-19(12-23-28(2,26)27)18-9-10-24(13-16(18)11-22-14)20(25)8-5-15-3-6-17(21)7-4-15/h3-8,11,23H,9-10,12-13H2,1-2H3/b8-5+. The molecule has 148 valence electrons. The molecule has 0 aliphatic carbocycles. The van der Waals surface area contributed by atoms with E-state index < -0.39 is 10.0 Å². The quantitative estimate of drug-likeness (QED) is 0.776. The zero-order chi connectivity index (χ0) is 20.3. The Kier molecular flexibility index (Phi) is 5.90. The van der Waals surface area contributed by atoms with E-state index in [9.17, 15) is 17.6 Å². The molecule has 2 heterocycles. The maximum Gasteiger partial charge on any atom is 0.246 e. The maximum absolute atomic E-state index is 13.0. The van der Waals surface area contributed by atoms with Crippen LogP contribution in [-0.2, 0) is 34.3 Å². The molecule has 0 radical (unpaired) electrons. The molecule has 1 amide bonds. The van der Waals surface area contributed by atoms with Crippen molar-refractivity contribution in [3.8, 4) is 0 Å². The molecule has 0 saturated carbocycles. The Morgan fingerprint density at radius 1 is 1.32 bits per heavy atom. The summed E-state index contributed by atoms with van der Waals surface area (Å²) in [4.78, 5) is 18.6. The number of fused-ring (bicyclic) bond motifs is 1. The highest BCUT2D eigenvalue weighted by atomic mass is 32.2. The van der Waals surface area contributed by atoms with E-state index in [2.05, 4.69) is 9.71 Å². The molecule has 0 saturated heterocycles. The van der Waals surface area contributed by atoms with Gasteiger partial charge in [0.2, 0.25) is 15.9 Å². The van der Waals surface area contributed by atoms with Crippen molar-refractivity contribution in [2.75, 3.05) is 12.8 Å². The molecule has 1 aromatic carbocycles. The predicted octanol–water partition coefficient (Wildman–Crippen LogP) is 2.18. The number of carbonyl (C=O) groups excluding carboxylic acids is 1. The van der Waals surface area contributed by atoms with E-state index in [1.165, 1.54) is 18.2 Å². The van der Waals surface area contributed by atoms with Crippen LogP contribution in [0.3, 0.4) is 0 Å². The van der Waals surface area contributed by atoms with E-state index in [0.29, 0.717) is 19.5 Å². The highest BCUT2D eigenvalue weighted by Gasteiger charge is 2.23. The molecule has 0 unspecified atom stereocenters. The molecule has 2 aromatic rings. The SMILES string of the molecule is Cc1ncc2c(c1CNS(C)(=O)=O)CCN(C(=O)/C=C/c1ccc(F)cc1)C2. The Labute approximate surface area is 164 Å². The molecule has 28 heavy (non-hydrogen) atoms. The topological polar surface area (TPSA) is 79.4 Å². The van der Waals surface area contributed by atoms with E-state index in [1.807, 2.05) is 6.92 Å². The first-order valence-electron chi connectivity index (χ1n) is 8.86. The maximum atomic E-state index is 13.0. The first-order chi connectivity index (χ1) is 13.2. The van der Waals surface area contributed by atoms with Crippen molar-refractivity contribution in [3.63, 3.8) is 0 Å². The molecule has 1 aliphatic rings. The van der Waals surface area contributed by atoms with Crippen LogP contribution in [0, 0.1) is 12.7 Å². The zero-order valence-electron chi connectivity index (χ0n) is 15.8. The molecular weight excluding hydrogens is 381 g/mol. The van der Waals surface area contributed by atoms with E-state index in [-0.39, 0.29) is 18.3 Å². The van der Waals surface area contributed by atoms with Crippen LogP contribution in [0.5, 0.6) is 0 Å². The molecule has 0 fully saturated rings.